The lowest BCUT2D eigenvalue weighted by atomic mass is 10.00. The van der Waals surface area contributed by atoms with Gasteiger partial charge in [0.1, 0.15) is 11.4 Å². The van der Waals surface area contributed by atoms with Gasteiger partial charge in [-0.25, -0.2) is 9.38 Å². The van der Waals surface area contributed by atoms with E-state index in [2.05, 4.69) is 20.7 Å². The Kier molecular flexibility index (Phi) is 8.65. The molecular formula is C18H24FIN6O. The molecule has 1 atom stereocenters. The second-order valence-electron chi connectivity index (χ2n) is 6.14. The van der Waals surface area contributed by atoms with Crippen molar-refractivity contribution in [3.05, 3.63) is 53.1 Å². The van der Waals surface area contributed by atoms with Crippen LogP contribution in [-0.2, 0) is 19.2 Å². The van der Waals surface area contributed by atoms with E-state index >= 15 is 0 Å². The summed E-state index contributed by atoms with van der Waals surface area (Å²) < 4.78 is 15.5. The molecular weight excluding hydrogens is 462 g/mol. The lowest BCUT2D eigenvalue weighted by Crippen LogP contribution is -2.44. The predicted octanol–water partition coefficient (Wildman–Crippen LogP) is 2.01. The van der Waals surface area contributed by atoms with Crippen molar-refractivity contribution < 1.29 is 9.50 Å². The molecule has 7 nitrogen and oxygen atoms in total. The molecule has 146 valence electrons. The number of aliphatic hydroxyl groups is 1. The number of aliphatic imine (C=N–C) groups is 1. The summed E-state index contributed by atoms with van der Waals surface area (Å²) in [5, 5.41) is 29.7. The van der Waals surface area contributed by atoms with Gasteiger partial charge in [0.05, 0.1) is 30.9 Å². The van der Waals surface area contributed by atoms with Gasteiger partial charge in [-0.3, -0.25) is 4.68 Å². The summed E-state index contributed by atoms with van der Waals surface area (Å²) in [5.41, 5.74) is 0.252. The van der Waals surface area contributed by atoms with E-state index in [4.69, 9.17) is 5.26 Å². The van der Waals surface area contributed by atoms with Gasteiger partial charge in [-0.2, -0.15) is 10.4 Å². The van der Waals surface area contributed by atoms with Crippen LogP contribution >= 0.6 is 24.0 Å². The molecule has 0 saturated carbocycles. The first-order valence-corrected chi connectivity index (χ1v) is 8.28. The fraction of sp³-hybridized carbons (Fsp3) is 0.389. The summed E-state index contributed by atoms with van der Waals surface area (Å²) in [6.07, 6.45) is 3.35. The molecule has 0 aliphatic rings. The summed E-state index contributed by atoms with van der Waals surface area (Å²) in [6, 6.07) is 6.15. The van der Waals surface area contributed by atoms with Crippen molar-refractivity contribution in [1.82, 2.24) is 20.4 Å². The maximum atomic E-state index is 13.9. The number of hydrogen-bond donors (Lipinski definition) is 3. The zero-order valence-electron chi connectivity index (χ0n) is 15.5. The van der Waals surface area contributed by atoms with Gasteiger partial charge in [0.15, 0.2) is 5.96 Å². The van der Waals surface area contributed by atoms with E-state index in [1.165, 1.54) is 18.2 Å². The molecule has 0 aliphatic carbocycles. The molecule has 0 bridgehead atoms. The topological polar surface area (TPSA) is 98.3 Å². The number of rotatable bonds is 6. The molecule has 0 fully saturated rings. The zero-order chi connectivity index (χ0) is 19.2. The van der Waals surface area contributed by atoms with Crippen molar-refractivity contribution in [1.29, 1.82) is 5.26 Å². The van der Waals surface area contributed by atoms with Gasteiger partial charge >= 0.3 is 0 Å². The maximum absolute atomic E-state index is 13.9. The quantitative estimate of drug-likeness (QED) is 0.330. The number of guanidine groups is 1. The molecule has 0 amide bonds. The first-order chi connectivity index (χ1) is 12.4. The van der Waals surface area contributed by atoms with Crippen LogP contribution in [0.15, 0.2) is 35.6 Å². The molecule has 0 saturated heterocycles. The normalized spacial score (nSPS) is 13.3. The second kappa shape index (κ2) is 10.2. The van der Waals surface area contributed by atoms with Crippen molar-refractivity contribution in [2.75, 3.05) is 13.1 Å². The van der Waals surface area contributed by atoms with Gasteiger partial charge in [0.2, 0.25) is 0 Å². The van der Waals surface area contributed by atoms with Crippen LogP contribution in [0.25, 0.3) is 0 Å². The summed E-state index contributed by atoms with van der Waals surface area (Å²) >= 11 is 0. The number of hydrogen-bond acceptors (Lipinski definition) is 4. The fourth-order valence-corrected chi connectivity index (χ4v) is 2.33. The molecule has 1 aromatic heterocycles. The second-order valence-corrected chi connectivity index (χ2v) is 6.14. The SMILES string of the molecule is CCNC(=NCc1cc(C#N)ccc1F)NCC(C)(O)c1cnn(C)c1.I. The number of aryl methyl sites for hydroxylation is 1. The summed E-state index contributed by atoms with van der Waals surface area (Å²) in [7, 11) is 1.78. The van der Waals surface area contributed by atoms with Gasteiger partial charge in [-0.1, -0.05) is 0 Å². The van der Waals surface area contributed by atoms with Gasteiger partial charge in [-0.05, 0) is 32.0 Å². The molecule has 2 rings (SSSR count). The average Bonchev–Trinajstić information content (AvgIpc) is 3.06. The average molecular weight is 486 g/mol. The molecule has 9 heteroatoms. The first kappa shape index (κ1) is 22.9. The molecule has 3 N–H and O–H groups in total. The molecule has 1 aromatic carbocycles. The number of benzene rings is 1. The van der Waals surface area contributed by atoms with Crippen molar-refractivity contribution in [3.63, 3.8) is 0 Å². The van der Waals surface area contributed by atoms with Crippen LogP contribution in [0, 0.1) is 17.1 Å². The molecule has 0 aliphatic heterocycles. The van der Waals surface area contributed by atoms with Gasteiger partial charge in [0.25, 0.3) is 0 Å². The number of nitriles is 1. The Bertz CT molecular complexity index is 827. The van der Waals surface area contributed by atoms with Crippen molar-refractivity contribution in [2.45, 2.75) is 26.0 Å². The monoisotopic (exact) mass is 486 g/mol. The zero-order valence-corrected chi connectivity index (χ0v) is 17.9. The van der Waals surface area contributed by atoms with E-state index in [1.54, 1.807) is 31.0 Å². The minimum Gasteiger partial charge on any atom is -0.383 e. The Morgan fingerprint density at radius 3 is 2.78 bits per heavy atom. The van der Waals surface area contributed by atoms with Crippen LogP contribution in [0.3, 0.4) is 0 Å². The first-order valence-electron chi connectivity index (χ1n) is 8.28. The standard InChI is InChI=1S/C18H23FN6O.HI/c1-4-21-17(22-9-14-7-13(8-20)5-6-16(14)19)23-12-18(2,26)15-10-24-25(3)11-15;/h5-7,10-11,26H,4,9,12H2,1-3H3,(H2,21,22,23);1H. The number of aromatic nitrogens is 2. The Balaban J connectivity index is 0.00000364. The summed E-state index contributed by atoms with van der Waals surface area (Å²) in [6.45, 7) is 4.47. The van der Waals surface area contributed by atoms with E-state index in [0.29, 0.717) is 29.2 Å². The Labute approximate surface area is 175 Å². The lowest BCUT2D eigenvalue weighted by Gasteiger charge is -2.23. The fourth-order valence-electron chi connectivity index (χ4n) is 2.33. The van der Waals surface area contributed by atoms with Crippen LogP contribution in [0.5, 0.6) is 0 Å². The van der Waals surface area contributed by atoms with Crippen LogP contribution < -0.4 is 10.6 Å². The van der Waals surface area contributed by atoms with Crippen LogP contribution in [-0.4, -0.2) is 33.9 Å². The third kappa shape index (κ3) is 6.48. The number of nitrogens with zero attached hydrogens (tertiary/aromatic N) is 4. The number of halogens is 2. The highest BCUT2D eigenvalue weighted by molar-refractivity contribution is 14.0. The molecule has 0 spiro atoms. The highest BCUT2D eigenvalue weighted by Crippen LogP contribution is 2.18. The highest BCUT2D eigenvalue weighted by Gasteiger charge is 2.25. The molecule has 27 heavy (non-hydrogen) atoms. The largest absolute Gasteiger partial charge is 0.383 e. The Morgan fingerprint density at radius 1 is 1.44 bits per heavy atom. The Hall–Kier alpha value is -2.19. The van der Waals surface area contributed by atoms with Crippen molar-refractivity contribution >= 4 is 29.9 Å². The molecule has 2 aromatic rings. The van der Waals surface area contributed by atoms with Crippen LogP contribution in [0.1, 0.15) is 30.5 Å². The van der Waals surface area contributed by atoms with Gasteiger partial charge in [0, 0.05) is 30.9 Å². The van der Waals surface area contributed by atoms with E-state index in [9.17, 15) is 9.50 Å². The molecule has 0 radical (unpaired) electrons. The maximum Gasteiger partial charge on any atom is 0.191 e. The van der Waals surface area contributed by atoms with E-state index in [0.717, 1.165) is 0 Å². The van der Waals surface area contributed by atoms with Crippen LogP contribution in [0.4, 0.5) is 4.39 Å². The van der Waals surface area contributed by atoms with Crippen LogP contribution in [0.2, 0.25) is 0 Å². The van der Waals surface area contributed by atoms with E-state index in [1.807, 2.05) is 13.0 Å². The van der Waals surface area contributed by atoms with Gasteiger partial charge in [-0.15, -0.1) is 24.0 Å². The van der Waals surface area contributed by atoms with Gasteiger partial charge < -0.3 is 15.7 Å². The highest BCUT2D eigenvalue weighted by atomic mass is 127. The van der Waals surface area contributed by atoms with Crippen molar-refractivity contribution in [2.24, 2.45) is 12.0 Å². The predicted molar refractivity (Wildman–Crippen MR) is 112 cm³/mol. The lowest BCUT2D eigenvalue weighted by molar-refractivity contribution is 0.0616. The van der Waals surface area contributed by atoms with E-state index < -0.39 is 11.4 Å². The third-order valence-electron chi connectivity index (χ3n) is 3.85. The van der Waals surface area contributed by atoms with E-state index in [-0.39, 0.29) is 37.1 Å². The smallest absolute Gasteiger partial charge is 0.191 e. The third-order valence-corrected chi connectivity index (χ3v) is 3.85. The summed E-state index contributed by atoms with van der Waals surface area (Å²) in [5.74, 6) is 0.0318. The molecule has 1 unspecified atom stereocenters. The molecule has 1 heterocycles. The summed E-state index contributed by atoms with van der Waals surface area (Å²) in [4.78, 5) is 4.33. The Morgan fingerprint density at radius 2 is 2.19 bits per heavy atom. The van der Waals surface area contributed by atoms with Crippen molar-refractivity contribution in [3.8, 4) is 6.07 Å². The number of nitrogens with one attached hydrogen (secondary N) is 2. The minimum atomic E-state index is -1.14. The minimum absolute atomic E-state index is 0.